The monoisotopic (exact) mass is 237 g/mol. The minimum absolute atomic E-state index is 0.285. The third kappa shape index (κ3) is 2.18. The summed E-state index contributed by atoms with van der Waals surface area (Å²) in [4.78, 5) is 2.90. The highest BCUT2D eigenvalue weighted by Crippen LogP contribution is 2.34. The molecule has 0 saturated carbocycles. The largest absolute Gasteiger partial charge is 0.419 e. The van der Waals surface area contributed by atoms with Crippen molar-refractivity contribution in [2.75, 3.05) is 5.73 Å². The van der Waals surface area contributed by atoms with Gasteiger partial charge < -0.3 is 5.73 Å². The van der Waals surface area contributed by atoms with Gasteiger partial charge in [0, 0.05) is 0 Å². The number of rotatable bonds is 1. The fraction of sp³-hybridized carbons (Fsp3) is 0.250. The van der Waals surface area contributed by atoms with Crippen molar-refractivity contribution >= 4 is 5.69 Å². The summed E-state index contributed by atoms with van der Waals surface area (Å²) in [5.41, 5.74) is 0.643. The van der Waals surface area contributed by atoms with Gasteiger partial charge in [0.1, 0.15) is 11.8 Å². The predicted molar refractivity (Wildman–Crippen MR) is 43.3 cm³/mol. The highest BCUT2D eigenvalue weighted by atomic mass is 19.4. The number of nitrogen functional groups attached to an aromatic ring is 1. The van der Waals surface area contributed by atoms with E-state index in [1.54, 1.807) is 0 Å². The van der Waals surface area contributed by atoms with E-state index in [4.69, 9.17) is 11.0 Å². The topological polar surface area (TPSA) is 62.7 Å². The van der Waals surface area contributed by atoms with Gasteiger partial charge in [0.2, 0.25) is 0 Å². The molecule has 0 aliphatic heterocycles. The van der Waals surface area contributed by atoms with Gasteiger partial charge >= 0.3 is 6.18 Å². The summed E-state index contributed by atoms with van der Waals surface area (Å²) >= 11 is 0. The Morgan fingerprint density at radius 1 is 1.38 bits per heavy atom. The molecule has 0 saturated heterocycles. The Balaban J connectivity index is 3.46. The van der Waals surface area contributed by atoms with Crippen molar-refractivity contribution in [3.63, 3.8) is 0 Å². The summed E-state index contributed by atoms with van der Waals surface area (Å²) in [5.74, 6) is 0. The molecule has 0 fully saturated rings. The molecule has 0 radical (unpaired) electrons. The van der Waals surface area contributed by atoms with Crippen LogP contribution in [0.25, 0.3) is 0 Å². The van der Waals surface area contributed by atoms with E-state index in [9.17, 15) is 22.0 Å². The van der Waals surface area contributed by atoms with E-state index in [0.29, 0.717) is 0 Å². The highest BCUT2D eigenvalue weighted by molar-refractivity contribution is 5.51. The molecule has 86 valence electrons. The van der Waals surface area contributed by atoms with Gasteiger partial charge in [-0.05, 0) is 6.07 Å². The third-order valence-electron chi connectivity index (χ3n) is 1.70. The zero-order valence-electron chi connectivity index (χ0n) is 7.52. The molecule has 3 nitrogen and oxygen atoms in total. The van der Waals surface area contributed by atoms with Crippen molar-refractivity contribution in [1.29, 1.82) is 5.26 Å². The van der Waals surface area contributed by atoms with Crippen LogP contribution in [0.1, 0.15) is 23.4 Å². The van der Waals surface area contributed by atoms with Crippen LogP contribution in [0.3, 0.4) is 0 Å². The van der Waals surface area contributed by atoms with Crippen LogP contribution in [-0.2, 0) is 6.18 Å². The predicted octanol–water partition coefficient (Wildman–Crippen LogP) is 2.49. The van der Waals surface area contributed by atoms with Crippen molar-refractivity contribution in [2.45, 2.75) is 12.6 Å². The molecule has 2 N–H and O–H groups in total. The number of aromatic nitrogens is 1. The molecule has 0 amide bonds. The van der Waals surface area contributed by atoms with Crippen LogP contribution < -0.4 is 5.73 Å². The number of halogens is 5. The number of nitriles is 1. The molecule has 1 aromatic rings. The van der Waals surface area contributed by atoms with Gasteiger partial charge in [0.15, 0.2) is 5.69 Å². The van der Waals surface area contributed by atoms with Crippen LogP contribution >= 0.6 is 0 Å². The Morgan fingerprint density at radius 3 is 2.31 bits per heavy atom. The molecule has 1 aromatic heterocycles. The second-order valence-corrected chi connectivity index (χ2v) is 2.77. The first-order valence-corrected chi connectivity index (χ1v) is 3.83. The molecule has 8 heteroatoms. The Morgan fingerprint density at radius 2 is 1.94 bits per heavy atom. The van der Waals surface area contributed by atoms with Gasteiger partial charge in [-0.3, -0.25) is 0 Å². The lowest BCUT2D eigenvalue weighted by Crippen LogP contribution is -2.12. The minimum atomic E-state index is -4.85. The maximum Gasteiger partial charge on any atom is 0.419 e. The van der Waals surface area contributed by atoms with E-state index < -0.39 is 35.2 Å². The number of pyridine rings is 1. The summed E-state index contributed by atoms with van der Waals surface area (Å²) in [7, 11) is 0. The lowest BCUT2D eigenvalue weighted by molar-refractivity contribution is -0.138. The van der Waals surface area contributed by atoms with Crippen molar-refractivity contribution in [3.8, 4) is 6.07 Å². The van der Waals surface area contributed by atoms with Crippen molar-refractivity contribution in [1.82, 2.24) is 4.98 Å². The van der Waals surface area contributed by atoms with Gasteiger partial charge in [-0.1, -0.05) is 0 Å². The number of anilines is 1. The van der Waals surface area contributed by atoms with Crippen LogP contribution in [0.15, 0.2) is 6.07 Å². The van der Waals surface area contributed by atoms with Crippen LogP contribution in [0.2, 0.25) is 0 Å². The van der Waals surface area contributed by atoms with Gasteiger partial charge in [-0.2, -0.15) is 18.4 Å². The Labute approximate surface area is 86.3 Å². The second-order valence-electron chi connectivity index (χ2n) is 2.77. The summed E-state index contributed by atoms with van der Waals surface area (Å²) in [6.45, 7) is 0. The zero-order valence-corrected chi connectivity index (χ0v) is 7.52. The van der Waals surface area contributed by atoms with E-state index >= 15 is 0 Å². The number of nitrogens with zero attached hydrogens (tertiary/aromatic N) is 2. The van der Waals surface area contributed by atoms with Crippen molar-refractivity contribution in [3.05, 3.63) is 23.0 Å². The van der Waals surface area contributed by atoms with E-state index in [0.717, 1.165) is 6.07 Å². The summed E-state index contributed by atoms with van der Waals surface area (Å²) in [6, 6.07) is 1.39. The molecular formula is C8H4F5N3. The average molecular weight is 237 g/mol. The first kappa shape index (κ1) is 12.2. The van der Waals surface area contributed by atoms with Crippen LogP contribution in [0, 0.1) is 11.3 Å². The fourth-order valence-corrected chi connectivity index (χ4v) is 1.02. The lowest BCUT2D eigenvalue weighted by atomic mass is 10.1. The number of nitrogens with two attached hydrogens (primary N) is 1. The fourth-order valence-electron chi connectivity index (χ4n) is 1.02. The Kier molecular flexibility index (Phi) is 2.98. The lowest BCUT2D eigenvalue weighted by Gasteiger charge is -2.11. The van der Waals surface area contributed by atoms with Gasteiger partial charge in [0.05, 0.1) is 11.3 Å². The molecule has 0 aromatic carbocycles. The average Bonchev–Trinajstić information content (AvgIpc) is 2.15. The third-order valence-corrected chi connectivity index (χ3v) is 1.70. The summed E-state index contributed by atoms with van der Waals surface area (Å²) < 4.78 is 61.4. The molecular weight excluding hydrogens is 233 g/mol. The SMILES string of the molecule is N#Cc1nc(C(F)F)c(N)cc1C(F)(F)F. The van der Waals surface area contributed by atoms with E-state index in [1.165, 1.54) is 0 Å². The van der Waals surface area contributed by atoms with Gasteiger partial charge in [-0.15, -0.1) is 0 Å². The quantitative estimate of drug-likeness (QED) is 0.763. The molecule has 16 heavy (non-hydrogen) atoms. The van der Waals surface area contributed by atoms with Crippen LogP contribution in [0.5, 0.6) is 0 Å². The molecule has 0 aliphatic carbocycles. The highest BCUT2D eigenvalue weighted by Gasteiger charge is 2.36. The minimum Gasteiger partial charge on any atom is -0.397 e. The second kappa shape index (κ2) is 3.92. The zero-order chi connectivity index (χ0) is 12.5. The van der Waals surface area contributed by atoms with Crippen LogP contribution in [0.4, 0.5) is 27.6 Å². The number of hydrogen-bond donors (Lipinski definition) is 1. The maximum absolute atomic E-state index is 12.3. The van der Waals surface area contributed by atoms with Crippen LogP contribution in [-0.4, -0.2) is 4.98 Å². The molecule has 1 rings (SSSR count). The standard InChI is InChI=1S/C8H4F5N3/c9-7(10)6-4(15)1-3(8(11,12)13)5(2-14)16-6/h1,7H,15H2. The Bertz CT molecular complexity index is 446. The number of hydrogen-bond acceptors (Lipinski definition) is 3. The first-order valence-electron chi connectivity index (χ1n) is 3.83. The smallest absolute Gasteiger partial charge is 0.397 e. The molecule has 0 aliphatic rings. The van der Waals surface area contributed by atoms with E-state index in [-0.39, 0.29) is 6.07 Å². The van der Waals surface area contributed by atoms with E-state index in [1.807, 2.05) is 0 Å². The van der Waals surface area contributed by atoms with Gasteiger partial charge in [0.25, 0.3) is 6.43 Å². The molecule has 0 bridgehead atoms. The normalized spacial score (nSPS) is 11.6. The molecule has 0 unspecified atom stereocenters. The first-order chi connectivity index (χ1) is 7.27. The summed E-state index contributed by atoms with van der Waals surface area (Å²) in [5, 5.41) is 8.38. The van der Waals surface area contributed by atoms with Crippen molar-refractivity contribution < 1.29 is 22.0 Å². The van der Waals surface area contributed by atoms with E-state index in [2.05, 4.69) is 4.98 Å². The van der Waals surface area contributed by atoms with Gasteiger partial charge in [-0.25, -0.2) is 13.8 Å². The number of alkyl halides is 5. The molecule has 0 spiro atoms. The Hall–Kier alpha value is -1.91. The molecule has 1 heterocycles. The van der Waals surface area contributed by atoms with Crippen molar-refractivity contribution in [2.24, 2.45) is 0 Å². The summed E-state index contributed by atoms with van der Waals surface area (Å²) in [6.07, 6.45) is -7.98. The molecule has 0 atom stereocenters. The maximum atomic E-state index is 12.3.